The summed E-state index contributed by atoms with van der Waals surface area (Å²) in [6.45, 7) is 0.544. The van der Waals surface area contributed by atoms with Crippen LogP contribution in [0.3, 0.4) is 0 Å². The summed E-state index contributed by atoms with van der Waals surface area (Å²) in [5, 5.41) is 21.1. The number of nitrogens with zero attached hydrogens (tertiary/aromatic N) is 5. The number of rotatable bonds is 7. The van der Waals surface area contributed by atoms with E-state index in [1.165, 1.54) is 17.0 Å². The van der Waals surface area contributed by atoms with Crippen molar-refractivity contribution in [3.8, 4) is 0 Å². The summed E-state index contributed by atoms with van der Waals surface area (Å²) < 4.78 is 48.5. The van der Waals surface area contributed by atoms with E-state index in [0.29, 0.717) is 24.4 Å². The van der Waals surface area contributed by atoms with E-state index < -0.39 is 52.2 Å². The molecule has 0 bridgehead atoms. The minimum Gasteiger partial charge on any atom is -0.387 e. The van der Waals surface area contributed by atoms with Crippen LogP contribution < -0.4 is 4.90 Å². The summed E-state index contributed by atoms with van der Waals surface area (Å²) in [6.07, 6.45) is -2.77. The first-order valence-corrected chi connectivity index (χ1v) is 16.1. The lowest BCUT2D eigenvalue weighted by Gasteiger charge is -2.49. The van der Waals surface area contributed by atoms with Gasteiger partial charge in [0.2, 0.25) is 5.28 Å². The summed E-state index contributed by atoms with van der Waals surface area (Å²) in [6, 6.07) is 4.86. The van der Waals surface area contributed by atoms with Gasteiger partial charge in [0.05, 0.1) is 12.9 Å². The average Bonchev–Trinajstić information content (AvgIpc) is 3.49. The number of hydrogen-bond donors (Lipinski definition) is 5. The van der Waals surface area contributed by atoms with E-state index in [9.17, 15) is 28.6 Å². The molecule has 1 aromatic carbocycles. The minimum absolute atomic E-state index is 0.0591. The number of benzene rings is 1. The van der Waals surface area contributed by atoms with Crippen LogP contribution in [0.4, 0.5) is 10.2 Å². The van der Waals surface area contributed by atoms with E-state index in [1.54, 1.807) is 6.07 Å². The van der Waals surface area contributed by atoms with Gasteiger partial charge >= 0.3 is 15.2 Å². The fraction of sp³-hybridized carbons (Fsp3) is 0.500. The van der Waals surface area contributed by atoms with Crippen molar-refractivity contribution in [2.75, 3.05) is 30.5 Å². The van der Waals surface area contributed by atoms with Crippen molar-refractivity contribution < 1.29 is 47.7 Å². The lowest BCUT2D eigenvalue weighted by Crippen LogP contribution is -2.57. The Labute approximate surface area is 231 Å². The molecule has 5 N–H and O–H groups in total. The molecule has 5 atom stereocenters. The highest BCUT2D eigenvalue weighted by atomic mass is 35.5. The van der Waals surface area contributed by atoms with E-state index in [-0.39, 0.29) is 22.2 Å². The molecule has 14 nitrogen and oxygen atoms in total. The molecule has 3 aromatic rings. The van der Waals surface area contributed by atoms with Gasteiger partial charge in [0.25, 0.3) is 0 Å². The van der Waals surface area contributed by atoms with Crippen molar-refractivity contribution in [2.24, 2.45) is 5.41 Å². The van der Waals surface area contributed by atoms with Crippen LogP contribution in [0.1, 0.15) is 17.4 Å². The van der Waals surface area contributed by atoms with Gasteiger partial charge < -0.3 is 39.1 Å². The lowest BCUT2D eigenvalue weighted by molar-refractivity contribution is -0.0483. The first-order valence-electron chi connectivity index (χ1n) is 12.2. The fourth-order valence-corrected chi connectivity index (χ4v) is 8.51. The standard InChI is InChI=1S/C22H25ClFN5O9P2/c23-21-26-18(28-7-22(8-28)4-11-1-2-13(24)3-12(11)5-22)15-19(27-21)29(9-25-15)20-17(31)16(30)14(38-20)6-37-40(35,36)10-39(32,33)34/h1-3,9,14,16-17,20,30-31H,4-8,10H2,(H,35,36)(H2,32,33,34). The first-order chi connectivity index (χ1) is 18.7. The molecule has 1 aliphatic carbocycles. The van der Waals surface area contributed by atoms with Gasteiger partial charge in [-0.1, -0.05) is 6.07 Å². The van der Waals surface area contributed by atoms with Crippen LogP contribution in [0.2, 0.25) is 5.28 Å². The lowest BCUT2D eigenvalue weighted by atomic mass is 9.77. The van der Waals surface area contributed by atoms with Gasteiger partial charge in [0.1, 0.15) is 24.1 Å². The fourth-order valence-electron chi connectivity index (χ4n) is 5.78. The second kappa shape index (κ2) is 9.77. The van der Waals surface area contributed by atoms with E-state index in [2.05, 4.69) is 15.0 Å². The van der Waals surface area contributed by atoms with Gasteiger partial charge in [-0.2, -0.15) is 9.97 Å². The zero-order chi connectivity index (χ0) is 28.6. The predicted molar refractivity (Wildman–Crippen MR) is 137 cm³/mol. The van der Waals surface area contributed by atoms with Crippen molar-refractivity contribution in [2.45, 2.75) is 37.4 Å². The Morgan fingerprint density at radius 1 is 1.12 bits per heavy atom. The van der Waals surface area contributed by atoms with Gasteiger partial charge in [-0.15, -0.1) is 0 Å². The Morgan fingerprint density at radius 2 is 1.85 bits per heavy atom. The van der Waals surface area contributed by atoms with Crippen LogP contribution in [-0.2, 0) is 31.2 Å². The third-order valence-corrected chi connectivity index (χ3v) is 11.1. The molecule has 2 saturated heterocycles. The molecule has 6 rings (SSSR count). The quantitative estimate of drug-likeness (QED) is 0.187. The van der Waals surface area contributed by atoms with Crippen molar-refractivity contribution in [1.82, 2.24) is 19.5 Å². The molecule has 18 heteroatoms. The maximum absolute atomic E-state index is 13.7. The molecule has 216 valence electrons. The number of halogens is 2. The van der Waals surface area contributed by atoms with E-state index >= 15 is 0 Å². The number of aliphatic hydroxyl groups excluding tert-OH is 2. The van der Waals surface area contributed by atoms with Crippen LogP contribution in [0.25, 0.3) is 11.2 Å². The molecule has 0 amide bonds. The van der Waals surface area contributed by atoms with Crippen LogP contribution in [0, 0.1) is 11.2 Å². The molecule has 2 aromatic heterocycles. The molecule has 5 unspecified atom stereocenters. The highest BCUT2D eigenvalue weighted by molar-refractivity contribution is 7.70. The second-order valence-corrected chi connectivity index (χ2v) is 14.9. The van der Waals surface area contributed by atoms with Gasteiger partial charge in [-0.3, -0.25) is 13.7 Å². The largest absolute Gasteiger partial charge is 0.387 e. The molecule has 2 fully saturated rings. The molecule has 40 heavy (non-hydrogen) atoms. The predicted octanol–water partition coefficient (Wildman–Crippen LogP) is 1.18. The summed E-state index contributed by atoms with van der Waals surface area (Å²) in [5.41, 5.74) is 2.64. The number of aliphatic hydroxyl groups is 2. The molecule has 0 radical (unpaired) electrons. The van der Waals surface area contributed by atoms with E-state index in [1.807, 2.05) is 11.0 Å². The van der Waals surface area contributed by atoms with Crippen molar-refractivity contribution in [3.63, 3.8) is 0 Å². The maximum atomic E-state index is 13.7. The Bertz CT molecular complexity index is 1580. The molecular weight excluding hydrogens is 595 g/mol. The second-order valence-electron chi connectivity index (χ2n) is 10.5. The summed E-state index contributed by atoms with van der Waals surface area (Å²) in [7, 11) is -9.55. The number of hydrogen-bond acceptors (Lipinski definition) is 10. The van der Waals surface area contributed by atoms with Crippen LogP contribution in [0.15, 0.2) is 24.5 Å². The number of imidazole rings is 1. The SMILES string of the molecule is O=P(O)(O)CP(=O)(O)OCC1OC(n2cnc3c(N4CC5(Cc6ccc(F)cc6C5)C4)nc(Cl)nc32)C(O)C1O. The minimum atomic E-state index is -4.85. The van der Waals surface area contributed by atoms with E-state index in [4.69, 9.17) is 30.6 Å². The van der Waals surface area contributed by atoms with Crippen LogP contribution in [0.5, 0.6) is 0 Å². The van der Waals surface area contributed by atoms with Gasteiger partial charge in [-0.25, -0.2) is 9.37 Å². The van der Waals surface area contributed by atoms with Crippen molar-refractivity contribution in [1.29, 1.82) is 0 Å². The van der Waals surface area contributed by atoms with Crippen LogP contribution in [-0.4, -0.2) is 88.3 Å². The smallest absolute Gasteiger partial charge is 0.340 e. The molecule has 1 spiro atoms. The third kappa shape index (κ3) is 5.20. The third-order valence-electron chi connectivity index (χ3n) is 7.44. The zero-order valence-electron chi connectivity index (χ0n) is 20.6. The average molecular weight is 620 g/mol. The summed E-state index contributed by atoms with van der Waals surface area (Å²) in [4.78, 5) is 42.6. The molecule has 4 heterocycles. The Hall–Kier alpha value is -2.03. The molecule has 0 saturated carbocycles. The highest BCUT2D eigenvalue weighted by Crippen LogP contribution is 2.55. The number of anilines is 1. The monoisotopic (exact) mass is 619 g/mol. The normalized spacial score (nSPS) is 27.2. The number of ether oxygens (including phenoxy) is 1. The van der Waals surface area contributed by atoms with Gasteiger partial charge in [0.15, 0.2) is 29.1 Å². The topological polar surface area (TPSA) is 201 Å². The Kier molecular flexibility index (Phi) is 6.87. The zero-order valence-corrected chi connectivity index (χ0v) is 23.2. The summed E-state index contributed by atoms with van der Waals surface area (Å²) >= 11 is 6.25. The number of aromatic nitrogens is 4. The number of fused-ring (bicyclic) bond motifs is 2. The molecule has 2 aliphatic heterocycles. The van der Waals surface area contributed by atoms with Crippen molar-refractivity contribution >= 4 is 43.8 Å². The van der Waals surface area contributed by atoms with Gasteiger partial charge in [0, 0.05) is 18.5 Å². The van der Waals surface area contributed by atoms with Gasteiger partial charge in [-0.05, 0) is 47.7 Å². The molecular formula is C22H25ClFN5O9P2. The Morgan fingerprint density at radius 3 is 2.58 bits per heavy atom. The Balaban J connectivity index is 1.19. The first kappa shape index (κ1) is 28.1. The maximum Gasteiger partial charge on any atom is 0.340 e. The summed E-state index contributed by atoms with van der Waals surface area (Å²) in [5.74, 6) is -1.20. The van der Waals surface area contributed by atoms with Crippen molar-refractivity contribution in [3.05, 3.63) is 46.8 Å². The van der Waals surface area contributed by atoms with E-state index in [0.717, 1.165) is 24.0 Å². The van der Waals surface area contributed by atoms with Crippen LogP contribution >= 0.6 is 26.8 Å². The molecule has 3 aliphatic rings. The highest BCUT2D eigenvalue weighted by Gasteiger charge is 2.49.